The van der Waals surface area contributed by atoms with E-state index in [4.69, 9.17) is 21.1 Å². The second kappa shape index (κ2) is 15.6. The summed E-state index contributed by atoms with van der Waals surface area (Å²) < 4.78 is 12.0. The van der Waals surface area contributed by atoms with Crippen LogP contribution in [0.15, 0.2) is 84.9 Å². The van der Waals surface area contributed by atoms with Crippen LogP contribution in [0.4, 0.5) is 22.7 Å². The van der Waals surface area contributed by atoms with Crippen molar-refractivity contribution in [2.75, 3.05) is 29.2 Å². The lowest BCUT2D eigenvalue weighted by Crippen LogP contribution is -2.23. The molecule has 0 radical (unpaired) electrons. The number of ether oxygens (including phenoxy) is 2. The van der Waals surface area contributed by atoms with E-state index in [2.05, 4.69) is 10.6 Å². The van der Waals surface area contributed by atoms with E-state index in [9.17, 15) is 29.6 Å². The number of anilines is 3. The smallest absolute Gasteiger partial charge is 0.271 e. The Hall–Kier alpha value is -6.14. The van der Waals surface area contributed by atoms with Crippen LogP contribution in [-0.4, -0.2) is 41.4 Å². The number of amides is 3. The average molecular weight is 711 g/mol. The minimum absolute atomic E-state index is 0.101. The molecule has 0 heterocycles. The maximum atomic E-state index is 13.7. The number of nitro groups is 1. The second-order valence-electron chi connectivity index (χ2n) is 11.8. The predicted octanol–water partition coefficient (Wildman–Crippen LogP) is 8.55. The topological polar surface area (TPSA) is 160 Å². The molecule has 5 rings (SSSR count). The van der Waals surface area contributed by atoms with Crippen molar-refractivity contribution in [2.24, 2.45) is 0 Å². The van der Waals surface area contributed by atoms with E-state index in [0.29, 0.717) is 24.1 Å². The molecule has 0 aromatic heterocycles. The lowest BCUT2D eigenvalue weighted by Gasteiger charge is -2.20. The highest BCUT2D eigenvalue weighted by molar-refractivity contribution is 6.34. The summed E-state index contributed by atoms with van der Waals surface area (Å²) in [6, 6.07) is 22.3. The van der Waals surface area contributed by atoms with Gasteiger partial charge in [0.05, 0.1) is 33.5 Å². The quantitative estimate of drug-likeness (QED) is 0.0659. The maximum absolute atomic E-state index is 13.7. The van der Waals surface area contributed by atoms with Crippen LogP contribution in [0.3, 0.4) is 0 Å². The Morgan fingerprint density at radius 1 is 0.902 bits per heavy atom. The van der Waals surface area contributed by atoms with Crippen LogP contribution in [0, 0.1) is 24.0 Å². The van der Waals surface area contributed by atoms with Crippen molar-refractivity contribution in [3.8, 4) is 23.0 Å². The number of nitrogens with zero attached hydrogens (tertiary/aromatic N) is 2. The van der Waals surface area contributed by atoms with Crippen molar-refractivity contribution < 1.29 is 33.9 Å². The Morgan fingerprint density at radius 3 is 2.33 bits per heavy atom. The standard InChI is InChI=1S/C38H35ClN4O8/c1-22-11-15-33(23(2)18-22)50-17-7-10-36(45)40-25-12-14-30(39)31(19-25)41-38(47)29-21-35(27-8-5-6-9-28(27)37(29)46)51-34-16-13-26(43(48)49)20-32(34)42(4)24(3)44/h5-6,8-9,11-16,18-21,46H,7,10,17H2,1-4H3,(H,40,45)(H,41,47). The zero-order valence-corrected chi connectivity index (χ0v) is 29.0. The Kier molecular flexibility index (Phi) is 11.1. The van der Waals surface area contributed by atoms with Crippen molar-refractivity contribution >= 4 is 62.8 Å². The number of benzene rings is 5. The molecule has 3 amide bonds. The summed E-state index contributed by atoms with van der Waals surface area (Å²) in [5.41, 5.74) is 2.43. The highest BCUT2D eigenvalue weighted by Gasteiger charge is 2.23. The SMILES string of the molecule is CC(=O)N(C)c1cc([N+](=O)[O-])ccc1Oc1cc(C(=O)Nc2cc(NC(=O)CCCOc3ccc(C)cc3C)ccc2Cl)c(O)c2ccccc12. The molecule has 0 aliphatic rings. The van der Waals surface area contributed by atoms with Crippen LogP contribution in [0.25, 0.3) is 10.8 Å². The molecule has 262 valence electrons. The van der Waals surface area contributed by atoms with Gasteiger partial charge in [0.25, 0.3) is 11.6 Å². The van der Waals surface area contributed by atoms with E-state index in [-0.39, 0.29) is 62.6 Å². The van der Waals surface area contributed by atoms with Gasteiger partial charge < -0.3 is 30.1 Å². The van der Waals surface area contributed by atoms with Gasteiger partial charge in [0.2, 0.25) is 11.8 Å². The van der Waals surface area contributed by atoms with E-state index in [0.717, 1.165) is 16.9 Å². The third-order valence-corrected chi connectivity index (χ3v) is 8.39. The molecule has 13 heteroatoms. The van der Waals surface area contributed by atoms with Crippen molar-refractivity contribution in [3.05, 3.63) is 117 Å². The Bertz CT molecular complexity index is 2170. The molecule has 0 saturated carbocycles. The van der Waals surface area contributed by atoms with E-state index in [1.165, 1.54) is 55.3 Å². The zero-order chi connectivity index (χ0) is 36.8. The molecule has 0 fully saturated rings. The van der Waals surface area contributed by atoms with Crippen LogP contribution in [-0.2, 0) is 9.59 Å². The molecule has 0 atom stereocenters. The van der Waals surface area contributed by atoms with Crippen LogP contribution in [0.1, 0.15) is 41.3 Å². The molecular weight excluding hydrogens is 676 g/mol. The van der Waals surface area contributed by atoms with Crippen LogP contribution in [0.2, 0.25) is 5.02 Å². The first kappa shape index (κ1) is 36.1. The number of hydrogen-bond acceptors (Lipinski definition) is 8. The summed E-state index contributed by atoms with van der Waals surface area (Å²) in [5, 5.41) is 29.1. The molecule has 0 unspecified atom stereocenters. The van der Waals surface area contributed by atoms with Gasteiger partial charge in [-0.15, -0.1) is 0 Å². The largest absolute Gasteiger partial charge is 0.506 e. The first-order valence-corrected chi connectivity index (χ1v) is 16.3. The van der Waals surface area contributed by atoms with Crippen molar-refractivity contribution in [2.45, 2.75) is 33.6 Å². The van der Waals surface area contributed by atoms with Crippen LogP contribution >= 0.6 is 11.6 Å². The van der Waals surface area contributed by atoms with Crippen molar-refractivity contribution in [1.82, 2.24) is 0 Å². The number of phenols is 1. The van der Waals surface area contributed by atoms with Gasteiger partial charge in [0.15, 0.2) is 5.75 Å². The van der Waals surface area contributed by atoms with Gasteiger partial charge in [-0.05, 0) is 62.2 Å². The summed E-state index contributed by atoms with van der Waals surface area (Å²) in [4.78, 5) is 50.7. The maximum Gasteiger partial charge on any atom is 0.271 e. The first-order valence-electron chi connectivity index (χ1n) is 15.9. The number of rotatable bonds is 12. The number of carbonyl (C=O) groups excluding carboxylic acids is 3. The summed E-state index contributed by atoms with van der Waals surface area (Å²) in [6.45, 7) is 5.63. The Balaban J connectivity index is 1.34. The number of aryl methyl sites for hydroxylation is 2. The average Bonchev–Trinajstić information content (AvgIpc) is 3.09. The molecule has 0 aliphatic carbocycles. The number of carbonyl (C=O) groups is 3. The summed E-state index contributed by atoms with van der Waals surface area (Å²) in [7, 11) is 1.45. The van der Waals surface area contributed by atoms with Gasteiger partial charge in [-0.25, -0.2) is 0 Å². The van der Waals surface area contributed by atoms with Gasteiger partial charge in [0, 0.05) is 49.0 Å². The van der Waals surface area contributed by atoms with E-state index >= 15 is 0 Å². The van der Waals surface area contributed by atoms with Gasteiger partial charge >= 0.3 is 0 Å². The molecule has 0 saturated heterocycles. The van der Waals surface area contributed by atoms with E-state index < -0.39 is 16.7 Å². The third-order valence-electron chi connectivity index (χ3n) is 8.06. The highest BCUT2D eigenvalue weighted by atomic mass is 35.5. The van der Waals surface area contributed by atoms with Crippen LogP contribution < -0.4 is 25.0 Å². The number of non-ortho nitro benzene ring substituents is 1. The minimum Gasteiger partial charge on any atom is -0.506 e. The normalized spacial score (nSPS) is 10.8. The second-order valence-corrected chi connectivity index (χ2v) is 12.2. The number of nitrogens with one attached hydrogen (secondary N) is 2. The molecule has 3 N–H and O–H groups in total. The Labute approximate surface area is 298 Å². The lowest BCUT2D eigenvalue weighted by atomic mass is 10.0. The van der Waals surface area contributed by atoms with Crippen LogP contribution in [0.5, 0.6) is 23.0 Å². The number of phenolic OH excluding ortho intramolecular Hbond substituents is 1. The Morgan fingerprint density at radius 2 is 1.63 bits per heavy atom. The van der Waals surface area contributed by atoms with E-state index in [1.54, 1.807) is 30.3 Å². The molecule has 12 nitrogen and oxygen atoms in total. The molecule has 51 heavy (non-hydrogen) atoms. The minimum atomic E-state index is -0.734. The van der Waals surface area contributed by atoms with Gasteiger partial charge in [0.1, 0.15) is 17.2 Å². The first-order chi connectivity index (χ1) is 24.3. The summed E-state index contributed by atoms with van der Waals surface area (Å²) >= 11 is 6.42. The fourth-order valence-electron chi connectivity index (χ4n) is 5.33. The number of hydrogen-bond donors (Lipinski definition) is 3. The van der Waals surface area contributed by atoms with Crippen molar-refractivity contribution in [3.63, 3.8) is 0 Å². The third kappa shape index (κ3) is 8.54. The predicted molar refractivity (Wildman–Crippen MR) is 197 cm³/mol. The molecule has 0 spiro atoms. The lowest BCUT2D eigenvalue weighted by molar-refractivity contribution is -0.384. The number of nitro benzene ring substituents is 1. The molecule has 5 aromatic carbocycles. The van der Waals surface area contributed by atoms with Gasteiger partial charge in [-0.3, -0.25) is 24.5 Å². The van der Waals surface area contributed by atoms with Gasteiger partial charge in [-0.2, -0.15) is 0 Å². The molecule has 0 aliphatic heterocycles. The fraction of sp³-hybridized carbons (Fsp3) is 0.184. The molecule has 0 bridgehead atoms. The summed E-state index contributed by atoms with van der Waals surface area (Å²) in [6.07, 6.45) is 0.677. The van der Waals surface area contributed by atoms with E-state index in [1.807, 2.05) is 32.0 Å². The molecular formula is C38H35ClN4O8. The monoisotopic (exact) mass is 710 g/mol. The van der Waals surface area contributed by atoms with Gasteiger partial charge in [-0.1, -0.05) is 53.6 Å². The highest BCUT2D eigenvalue weighted by Crippen LogP contribution is 2.42. The zero-order valence-electron chi connectivity index (χ0n) is 28.3. The van der Waals surface area contributed by atoms with Crippen molar-refractivity contribution in [1.29, 1.82) is 0 Å². The number of halogens is 1. The fourth-order valence-corrected chi connectivity index (χ4v) is 5.49. The number of fused-ring (bicyclic) bond motifs is 1. The number of aromatic hydroxyl groups is 1. The summed E-state index contributed by atoms with van der Waals surface area (Å²) in [5.74, 6) is -0.710. The molecule has 5 aromatic rings.